The van der Waals surface area contributed by atoms with Crippen LogP contribution < -0.4 is 10.9 Å². The van der Waals surface area contributed by atoms with Gasteiger partial charge in [0.25, 0.3) is 5.56 Å². The Labute approximate surface area is 148 Å². The molecule has 0 aliphatic rings. The van der Waals surface area contributed by atoms with Gasteiger partial charge in [0.05, 0.1) is 12.5 Å². The Kier molecular flexibility index (Phi) is 3.96. The number of nitrogens with one attached hydrogen (secondary N) is 1. The molecular formula is C19H17N5O2. The molecule has 130 valence electrons. The molecule has 0 unspecified atom stereocenters. The number of nitrogens with zero attached hydrogens (tertiary/aromatic N) is 4. The molecule has 0 atom stereocenters. The van der Waals surface area contributed by atoms with Gasteiger partial charge in [-0.1, -0.05) is 36.4 Å². The fraction of sp³-hybridized carbons (Fsp3) is 0.158. The molecule has 2 aromatic heterocycles. The van der Waals surface area contributed by atoms with Crippen molar-refractivity contribution in [3.05, 3.63) is 65.3 Å². The van der Waals surface area contributed by atoms with Gasteiger partial charge in [0.1, 0.15) is 5.39 Å². The van der Waals surface area contributed by atoms with E-state index in [1.54, 1.807) is 11.7 Å². The van der Waals surface area contributed by atoms with Crippen molar-refractivity contribution in [2.45, 2.75) is 13.0 Å². The van der Waals surface area contributed by atoms with Gasteiger partial charge in [0, 0.05) is 31.1 Å². The van der Waals surface area contributed by atoms with Gasteiger partial charge in [-0.25, -0.2) is 4.98 Å². The first-order chi connectivity index (χ1) is 12.6. The number of hydrogen-bond acceptors (Lipinski definition) is 4. The molecule has 0 bridgehead atoms. The minimum atomic E-state index is -0.193. The first-order valence-electron chi connectivity index (χ1n) is 8.28. The van der Waals surface area contributed by atoms with Crippen molar-refractivity contribution in [1.82, 2.24) is 19.3 Å². The first kappa shape index (κ1) is 16.0. The fourth-order valence-electron chi connectivity index (χ4n) is 2.99. The Bertz CT molecular complexity index is 1170. The number of aromatic nitrogens is 4. The van der Waals surface area contributed by atoms with Crippen molar-refractivity contribution in [1.29, 1.82) is 0 Å². The van der Waals surface area contributed by atoms with Crippen LogP contribution in [0.3, 0.4) is 0 Å². The zero-order valence-corrected chi connectivity index (χ0v) is 14.2. The van der Waals surface area contributed by atoms with Gasteiger partial charge in [-0.3, -0.25) is 18.8 Å². The third-order valence-corrected chi connectivity index (χ3v) is 4.36. The number of carbonyl (C=O) groups is 1. The van der Waals surface area contributed by atoms with Crippen LogP contribution in [0.2, 0.25) is 0 Å². The topological polar surface area (TPSA) is 81.8 Å². The maximum Gasteiger partial charge on any atom is 0.264 e. The molecule has 1 amide bonds. The number of fused-ring (bicyclic) bond motifs is 2. The molecule has 1 N–H and O–H groups in total. The summed E-state index contributed by atoms with van der Waals surface area (Å²) in [5.41, 5.74) is 1.11. The number of carbonyl (C=O) groups excluding carboxylic acids is 1. The van der Waals surface area contributed by atoms with Crippen LogP contribution in [-0.2, 0) is 18.4 Å². The molecule has 0 fully saturated rings. The van der Waals surface area contributed by atoms with Crippen LogP contribution in [-0.4, -0.2) is 25.2 Å². The molecule has 7 nitrogen and oxygen atoms in total. The van der Waals surface area contributed by atoms with Crippen LogP contribution in [0.1, 0.15) is 6.42 Å². The predicted octanol–water partition coefficient (Wildman–Crippen LogP) is 2.31. The van der Waals surface area contributed by atoms with Crippen LogP contribution >= 0.6 is 0 Å². The number of aryl methyl sites for hydroxylation is 2. The van der Waals surface area contributed by atoms with Gasteiger partial charge >= 0.3 is 0 Å². The minimum absolute atomic E-state index is 0.153. The number of anilines is 1. The molecule has 26 heavy (non-hydrogen) atoms. The number of benzene rings is 2. The number of amides is 1. The van der Waals surface area contributed by atoms with Crippen LogP contribution in [0, 0.1) is 0 Å². The lowest BCUT2D eigenvalue weighted by molar-refractivity contribution is -0.116. The summed E-state index contributed by atoms with van der Waals surface area (Å²) in [5.74, 6) is -0.153. The Hall–Kier alpha value is -3.48. The van der Waals surface area contributed by atoms with E-state index in [0.717, 1.165) is 16.5 Å². The highest BCUT2D eigenvalue weighted by molar-refractivity contribution is 6.02. The largest absolute Gasteiger partial charge is 0.325 e. The third kappa shape index (κ3) is 2.83. The molecule has 0 saturated carbocycles. The summed E-state index contributed by atoms with van der Waals surface area (Å²) in [6.45, 7) is 0.257. The van der Waals surface area contributed by atoms with E-state index in [2.05, 4.69) is 15.4 Å². The van der Waals surface area contributed by atoms with Crippen molar-refractivity contribution < 1.29 is 4.79 Å². The standard InChI is InChI=1S/C19H17N5O2/c1-23-18-15(11-21-23)19(26)24(12-20-18)10-9-17(25)22-16-8-4-6-13-5-2-3-7-14(13)16/h2-8,11-12H,9-10H2,1H3,(H,22,25). The van der Waals surface area contributed by atoms with Gasteiger partial charge in [0.2, 0.25) is 5.91 Å². The molecule has 0 saturated heterocycles. The van der Waals surface area contributed by atoms with Gasteiger partial charge in [0.15, 0.2) is 5.65 Å². The van der Waals surface area contributed by atoms with Crippen molar-refractivity contribution in [3.63, 3.8) is 0 Å². The average Bonchev–Trinajstić information content (AvgIpc) is 3.03. The first-order valence-corrected chi connectivity index (χ1v) is 8.28. The van der Waals surface area contributed by atoms with Crippen molar-refractivity contribution in [2.75, 3.05) is 5.32 Å². The van der Waals surface area contributed by atoms with E-state index in [1.807, 2.05) is 42.5 Å². The Morgan fingerprint density at radius 3 is 2.81 bits per heavy atom. The lowest BCUT2D eigenvalue weighted by Gasteiger charge is -2.09. The fourth-order valence-corrected chi connectivity index (χ4v) is 2.99. The highest BCUT2D eigenvalue weighted by Crippen LogP contribution is 2.23. The maximum absolute atomic E-state index is 12.4. The molecule has 4 aromatic rings. The smallest absolute Gasteiger partial charge is 0.264 e. The summed E-state index contributed by atoms with van der Waals surface area (Å²) in [6, 6.07) is 13.6. The summed E-state index contributed by atoms with van der Waals surface area (Å²) in [6.07, 6.45) is 3.13. The normalized spacial score (nSPS) is 11.1. The monoisotopic (exact) mass is 347 g/mol. The second kappa shape index (κ2) is 6.44. The van der Waals surface area contributed by atoms with Crippen molar-refractivity contribution >= 4 is 33.4 Å². The van der Waals surface area contributed by atoms with Crippen LogP contribution in [0.25, 0.3) is 21.8 Å². The maximum atomic E-state index is 12.4. The third-order valence-electron chi connectivity index (χ3n) is 4.36. The van der Waals surface area contributed by atoms with Gasteiger partial charge in [-0.15, -0.1) is 0 Å². The van der Waals surface area contributed by atoms with E-state index in [9.17, 15) is 9.59 Å². The zero-order chi connectivity index (χ0) is 18.1. The number of rotatable bonds is 4. The molecule has 2 heterocycles. The molecule has 0 aliphatic heterocycles. The summed E-state index contributed by atoms with van der Waals surface area (Å²) in [7, 11) is 1.73. The van der Waals surface area contributed by atoms with E-state index >= 15 is 0 Å². The summed E-state index contributed by atoms with van der Waals surface area (Å²) in [5, 5.41) is 9.46. The predicted molar refractivity (Wildman–Crippen MR) is 100.0 cm³/mol. The van der Waals surface area contributed by atoms with Crippen molar-refractivity contribution in [2.24, 2.45) is 7.05 Å². The number of hydrogen-bond donors (Lipinski definition) is 1. The van der Waals surface area contributed by atoms with Crippen molar-refractivity contribution in [3.8, 4) is 0 Å². The van der Waals surface area contributed by atoms with E-state index in [-0.39, 0.29) is 24.4 Å². The molecule has 2 aromatic carbocycles. The molecule has 0 aliphatic carbocycles. The van der Waals surface area contributed by atoms with Gasteiger partial charge < -0.3 is 5.32 Å². The van der Waals surface area contributed by atoms with E-state index in [4.69, 9.17) is 0 Å². The second-order valence-corrected chi connectivity index (χ2v) is 6.07. The van der Waals surface area contributed by atoms with Crippen LogP contribution in [0.4, 0.5) is 5.69 Å². The molecule has 4 rings (SSSR count). The van der Waals surface area contributed by atoms with Crippen LogP contribution in [0.5, 0.6) is 0 Å². The Balaban J connectivity index is 1.51. The zero-order valence-electron chi connectivity index (χ0n) is 14.2. The molecular weight excluding hydrogens is 330 g/mol. The van der Waals surface area contributed by atoms with E-state index in [0.29, 0.717) is 11.0 Å². The summed E-state index contributed by atoms with van der Waals surface area (Å²) < 4.78 is 2.99. The molecule has 0 radical (unpaired) electrons. The minimum Gasteiger partial charge on any atom is -0.325 e. The summed E-state index contributed by atoms with van der Waals surface area (Å²) in [4.78, 5) is 29.0. The average molecular weight is 347 g/mol. The highest BCUT2D eigenvalue weighted by Gasteiger charge is 2.10. The van der Waals surface area contributed by atoms with Gasteiger partial charge in [-0.2, -0.15) is 5.10 Å². The van der Waals surface area contributed by atoms with Crippen LogP contribution in [0.15, 0.2) is 59.8 Å². The quantitative estimate of drug-likeness (QED) is 0.614. The summed E-state index contributed by atoms with van der Waals surface area (Å²) >= 11 is 0. The Morgan fingerprint density at radius 1 is 1.12 bits per heavy atom. The lowest BCUT2D eigenvalue weighted by atomic mass is 10.1. The molecule has 7 heteroatoms. The molecule has 0 spiro atoms. The Morgan fingerprint density at radius 2 is 1.92 bits per heavy atom. The van der Waals surface area contributed by atoms with E-state index < -0.39 is 0 Å². The SMILES string of the molecule is Cn1ncc2c(=O)n(CCC(=O)Nc3cccc4ccccc34)cnc21. The van der Waals surface area contributed by atoms with Gasteiger partial charge in [-0.05, 0) is 11.5 Å². The lowest BCUT2D eigenvalue weighted by Crippen LogP contribution is -2.23. The second-order valence-electron chi connectivity index (χ2n) is 6.07. The highest BCUT2D eigenvalue weighted by atomic mass is 16.2. The van der Waals surface area contributed by atoms with E-state index in [1.165, 1.54) is 17.1 Å².